The number of rotatable bonds is 34. The minimum Gasteiger partial charge on any atom is -0.475 e. The number of ether oxygens (including phenoxy) is 1. The highest BCUT2D eigenvalue weighted by atomic mass is 19.4. The summed E-state index contributed by atoms with van der Waals surface area (Å²) in [6.07, 6.45) is -3.05. The molecule has 0 radical (unpaired) electrons. The smallest absolute Gasteiger partial charge is 0.475 e. The van der Waals surface area contributed by atoms with Crippen LogP contribution in [0.2, 0.25) is 0 Å². The molecule has 100 heavy (non-hydrogen) atoms. The van der Waals surface area contributed by atoms with Gasteiger partial charge in [-0.3, -0.25) is 52.7 Å². The molecule has 1 aliphatic heterocycles. The zero-order chi connectivity index (χ0) is 75.4. The average molecular weight is 1410 g/mol. The van der Waals surface area contributed by atoms with Crippen LogP contribution in [0.25, 0.3) is 11.1 Å². The fourth-order valence-corrected chi connectivity index (χ4v) is 12.2. The first kappa shape index (κ1) is 86.3. The number of benzene rings is 2. The lowest BCUT2D eigenvalue weighted by atomic mass is 9.83. The molecule has 24 nitrogen and oxygen atoms in total. The van der Waals surface area contributed by atoms with E-state index in [0.717, 1.165) is 29.5 Å². The van der Waals surface area contributed by atoms with E-state index in [1.54, 1.807) is 41.5 Å². The predicted molar refractivity (Wildman–Crippen MR) is 365 cm³/mol. The number of aliphatic hydroxyl groups is 2. The highest BCUT2D eigenvalue weighted by molar-refractivity contribution is 6.00. The van der Waals surface area contributed by atoms with Crippen molar-refractivity contribution in [1.82, 2.24) is 31.9 Å². The molecule has 2 aliphatic rings. The van der Waals surface area contributed by atoms with Crippen LogP contribution in [0.3, 0.4) is 0 Å². The third kappa shape index (κ3) is 26.2. The monoisotopic (exact) mass is 1410 g/mol. The van der Waals surface area contributed by atoms with Gasteiger partial charge in [0.05, 0.1) is 43.2 Å². The van der Waals surface area contributed by atoms with E-state index in [4.69, 9.17) is 20.4 Å². The van der Waals surface area contributed by atoms with Crippen molar-refractivity contribution >= 4 is 76.4 Å². The van der Waals surface area contributed by atoms with Gasteiger partial charge in [0.25, 0.3) is 0 Å². The van der Waals surface area contributed by atoms with E-state index >= 15 is 0 Å². The molecule has 1 heterocycles. The molecule has 1 spiro atoms. The van der Waals surface area contributed by atoms with E-state index in [1.165, 1.54) is 13.8 Å². The van der Waals surface area contributed by atoms with E-state index in [-0.39, 0.29) is 24.7 Å². The summed E-state index contributed by atoms with van der Waals surface area (Å²) in [5.41, 5.74) is 7.21. The van der Waals surface area contributed by atoms with Gasteiger partial charge in [0.1, 0.15) is 23.7 Å². The Bertz CT molecular complexity index is 3090. The van der Waals surface area contributed by atoms with E-state index < -0.39 is 205 Å². The lowest BCUT2D eigenvalue weighted by Crippen LogP contribution is -2.62. The molecule has 2 fully saturated rings. The molecule has 0 unspecified atom stereocenters. The number of carbonyl (C=O) groups is 13. The molecule has 558 valence electrons. The van der Waals surface area contributed by atoms with Crippen molar-refractivity contribution in [2.24, 2.45) is 59.0 Å². The number of carboxylic acids is 1. The number of aliphatic hydroxyl groups excluding tert-OH is 2. The normalized spacial score (nSPS) is 20.8. The Hall–Kier alpha value is -7.94. The van der Waals surface area contributed by atoms with Crippen molar-refractivity contribution in [3.63, 3.8) is 0 Å². The first-order valence-electron chi connectivity index (χ1n) is 35.2. The van der Waals surface area contributed by atoms with Gasteiger partial charge in [-0.15, -0.1) is 0 Å². The number of aliphatic carboxylic acids is 1. The minimum absolute atomic E-state index is 0.294. The van der Waals surface area contributed by atoms with Gasteiger partial charge >= 0.3 is 18.1 Å². The van der Waals surface area contributed by atoms with Crippen molar-refractivity contribution in [2.75, 3.05) is 13.2 Å². The summed E-state index contributed by atoms with van der Waals surface area (Å²) in [6.45, 7) is 17.3. The van der Waals surface area contributed by atoms with Gasteiger partial charge in [0, 0.05) is 49.9 Å². The van der Waals surface area contributed by atoms with Gasteiger partial charge in [-0.25, -0.2) is 9.59 Å². The molecule has 27 heteroatoms. The number of primary amides is 1. The number of hydrogen-bond donors (Lipinski definition) is 10. The Morgan fingerprint density at radius 1 is 0.640 bits per heavy atom. The SMILES string of the molecule is CC[C@H](Cc1ccc(-c2ccccc2)cc1)C(=O)N[C@H](C(=O)C[C@@H](CO)C(=O)N[C@H](CCC(N)=O)C(=O)C[C@@H](C(=O)N[C@H](C(=O)C[C@@H](CO)C(=O)N[C@H]1C(=O)C[C@@H](C)C(=O)NC2(CCCCCC2)C(=O)N[C@@H]([C@@H](C)CC)C(=O)O[C@H]1C)[C@@H](C)CC)[C@@H](C)CC)[C@@H](C)CC.O=C(O)C(F)(F)F. The van der Waals surface area contributed by atoms with E-state index in [0.29, 0.717) is 64.2 Å². The van der Waals surface area contributed by atoms with Crippen LogP contribution in [-0.2, 0) is 73.5 Å². The lowest BCUT2D eigenvalue weighted by molar-refractivity contribution is -0.192. The fourth-order valence-electron chi connectivity index (χ4n) is 12.2. The molecule has 4 rings (SSSR count). The number of alkyl halides is 3. The third-order valence-electron chi connectivity index (χ3n) is 19.8. The highest BCUT2D eigenvalue weighted by Gasteiger charge is 2.46. The van der Waals surface area contributed by atoms with Gasteiger partial charge in [-0.1, -0.05) is 175 Å². The van der Waals surface area contributed by atoms with E-state index in [1.807, 2.05) is 75.4 Å². The summed E-state index contributed by atoms with van der Waals surface area (Å²) in [6, 6.07) is 11.3. The first-order chi connectivity index (χ1) is 47.1. The van der Waals surface area contributed by atoms with Crippen LogP contribution in [0.4, 0.5) is 13.2 Å². The molecule has 1 aliphatic carbocycles. The number of carbonyl (C=O) groups excluding carboxylic acids is 12. The first-order valence-corrected chi connectivity index (χ1v) is 35.2. The maximum Gasteiger partial charge on any atom is 0.490 e. The molecular weight excluding hydrogens is 1300 g/mol. The number of carboxylic acid groups (broad SMARTS) is 1. The van der Waals surface area contributed by atoms with Gasteiger partial charge in [0.15, 0.2) is 23.1 Å². The molecule has 1 saturated carbocycles. The molecule has 2 aromatic carbocycles. The summed E-state index contributed by atoms with van der Waals surface area (Å²) < 4.78 is 37.6. The fraction of sp³-hybridized carbons (Fsp3) is 0.658. The predicted octanol–water partition coefficient (Wildman–Crippen LogP) is 6.89. The van der Waals surface area contributed by atoms with E-state index in [9.17, 15) is 80.9 Å². The average Bonchev–Trinajstić information content (AvgIpc) is 1.40. The van der Waals surface area contributed by atoms with Gasteiger partial charge in [0.2, 0.25) is 41.4 Å². The number of halogens is 3. The van der Waals surface area contributed by atoms with Crippen molar-refractivity contribution in [3.05, 3.63) is 60.2 Å². The van der Waals surface area contributed by atoms with Crippen molar-refractivity contribution in [1.29, 1.82) is 0 Å². The Morgan fingerprint density at radius 2 is 1.14 bits per heavy atom. The zero-order valence-corrected chi connectivity index (χ0v) is 59.8. The topological polar surface area (TPSA) is 390 Å². The van der Waals surface area contributed by atoms with Crippen molar-refractivity contribution < 1.29 is 95.6 Å². The number of esters is 1. The Morgan fingerprint density at radius 3 is 1.62 bits per heavy atom. The number of nitrogens with two attached hydrogens (primary N) is 1. The molecule has 0 bridgehead atoms. The van der Waals surface area contributed by atoms with Crippen LogP contribution in [0, 0.1) is 53.3 Å². The Kier molecular flexibility index (Phi) is 36.0. The van der Waals surface area contributed by atoms with Gasteiger partial charge in [-0.05, 0) is 79.4 Å². The maximum absolute atomic E-state index is 14.6. The van der Waals surface area contributed by atoms with Crippen LogP contribution in [0.5, 0.6) is 0 Å². The van der Waals surface area contributed by atoms with Crippen LogP contribution in [0.1, 0.15) is 191 Å². The van der Waals surface area contributed by atoms with Crippen LogP contribution in [0.15, 0.2) is 54.6 Å². The molecule has 7 amide bonds. The van der Waals surface area contributed by atoms with Crippen LogP contribution < -0.4 is 37.6 Å². The summed E-state index contributed by atoms with van der Waals surface area (Å²) >= 11 is 0. The second-order valence-electron chi connectivity index (χ2n) is 27.3. The molecule has 2 aromatic rings. The molecule has 15 atom stereocenters. The third-order valence-corrected chi connectivity index (χ3v) is 19.8. The molecule has 1 saturated heterocycles. The van der Waals surface area contributed by atoms with Gasteiger partial charge in [-0.2, -0.15) is 13.2 Å². The van der Waals surface area contributed by atoms with E-state index in [2.05, 4.69) is 31.9 Å². The number of amides is 7. The Labute approximate surface area is 584 Å². The number of ketones is 4. The van der Waals surface area contributed by atoms with Crippen molar-refractivity contribution in [2.45, 2.75) is 240 Å². The second kappa shape index (κ2) is 41.7. The van der Waals surface area contributed by atoms with Crippen LogP contribution >= 0.6 is 0 Å². The molecule has 11 N–H and O–H groups in total. The molecular formula is C73H108F3N7O17. The number of Topliss-reactive ketones (excluding diaryl/α,β-unsaturated/α-hetero) is 4. The largest absolute Gasteiger partial charge is 0.490 e. The van der Waals surface area contributed by atoms with Gasteiger partial charge < -0.3 is 57.7 Å². The molecule has 0 aromatic heterocycles. The number of cyclic esters (lactones) is 1. The van der Waals surface area contributed by atoms with Crippen LogP contribution in [-0.4, -0.2) is 153 Å². The minimum atomic E-state index is -5.08. The quantitative estimate of drug-likeness (QED) is 0.0319. The number of nitrogens with one attached hydrogen (secondary N) is 6. The second-order valence-corrected chi connectivity index (χ2v) is 27.3. The van der Waals surface area contributed by atoms with Crippen molar-refractivity contribution in [3.8, 4) is 11.1 Å². The Balaban J connectivity index is 0.00000351. The summed E-state index contributed by atoms with van der Waals surface area (Å²) in [7, 11) is 0. The summed E-state index contributed by atoms with van der Waals surface area (Å²) in [5, 5.41) is 45.2. The lowest BCUT2D eigenvalue weighted by Gasteiger charge is -2.35. The highest BCUT2D eigenvalue weighted by Crippen LogP contribution is 2.31. The standard InChI is InChI=1S/C71H107N7O15.C2HF3O2/c1-12-41(6)53(38-55(81)54(30-31-59(72)85)73-66(88)51(39-79)36-57(83)60(42(7)13-2)74-65(87)48(16-5)35-47-26-28-50(29-27-47)49-24-20-19-21-25-49)68(90)75-61(43(8)14-3)58(84)37-52(40-80)67(89)76-63-46(11)93-69(91)62(44(9)15-4)77-70(92)71(32-22-17-18-23-33-71)78-64(86)45(10)34-56(63)82;3-2(4,5)1(6)7/h19-21,24-29,41-46,48,51-54,60-63,79-80H,12-18,22-23,30-40H2,1-11H3,(H2,72,85)(H,73,88)(H,74,87)(H,75,90)(H,76,89)(H,77,92)(H,78,86);(H,6,7)/t41-,42-,43-,44-,45+,46-,48+,51-,52-,53+,54+,60-,61-,62-,63+;/m0./s1. The number of hydrogen-bond acceptors (Lipinski definition) is 16. The zero-order valence-electron chi connectivity index (χ0n) is 59.8. The maximum atomic E-state index is 14.6. The summed E-state index contributed by atoms with van der Waals surface area (Å²) in [5.74, 6) is -18.4. The summed E-state index contributed by atoms with van der Waals surface area (Å²) in [4.78, 5) is 177.